The number of anilines is 1. The summed E-state index contributed by atoms with van der Waals surface area (Å²) in [4.78, 5) is 21.5. The molecule has 4 rings (SSSR count). The van der Waals surface area contributed by atoms with Gasteiger partial charge in [-0.05, 0) is 36.4 Å². The molecule has 0 unspecified atom stereocenters. The minimum atomic E-state index is 0.0781. The van der Waals surface area contributed by atoms with Crippen molar-refractivity contribution in [2.75, 3.05) is 31.1 Å². The molecule has 0 N–H and O–H groups in total. The normalized spacial score (nSPS) is 14.8. The third-order valence-corrected chi connectivity index (χ3v) is 4.89. The largest absolute Gasteiger partial charge is 0.368 e. The topological polar surface area (TPSA) is 36.4 Å². The molecule has 126 valence electrons. The molecular formula is C20H18ClN3O. The number of piperazine rings is 1. The summed E-state index contributed by atoms with van der Waals surface area (Å²) in [6.45, 7) is 3.04. The zero-order valence-corrected chi connectivity index (χ0v) is 14.5. The molecule has 2 heterocycles. The van der Waals surface area contributed by atoms with Gasteiger partial charge in [0.05, 0.1) is 11.1 Å². The van der Waals surface area contributed by atoms with Gasteiger partial charge in [0, 0.05) is 48.5 Å². The molecular weight excluding hydrogens is 334 g/mol. The smallest absolute Gasteiger partial charge is 0.254 e. The van der Waals surface area contributed by atoms with Crippen LogP contribution in [0.2, 0.25) is 5.02 Å². The lowest BCUT2D eigenvalue weighted by molar-refractivity contribution is 0.0748. The Balaban J connectivity index is 1.50. The number of carbonyl (C=O) groups excluding carboxylic acids is 1. The molecule has 1 saturated heterocycles. The van der Waals surface area contributed by atoms with Gasteiger partial charge in [0.25, 0.3) is 5.91 Å². The first-order valence-electron chi connectivity index (χ1n) is 8.36. The molecule has 0 radical (unpaired) electrons. The second kappa shape index (κ2) is 6.73. The molecule has 1 aliphatic rings. The van der Waals surface area contributed by atoms with Gasteiger partial charge in [-0.1, -0.05) is 29.8 Å². The van der Waals surface area contributed by atoms with Crippen molar-refractivity contribution in [3.05, 3.63) is 71.4 Å². The fourth-order valence-corrected chi connectivity index (χ4v) is 3.40. The lowest BCUT2D eigenvalue weighted by Gasteiger charge is -2.36. The highest BCUT2D eigenvalue weighted by Crippen LogP contribution is 2.22. The average Bonchev–Trinajstić information content (AvgIpc) is 2.68. The number of hydrogen-bond donors (Lipinski definition) is 0. The summed E-state index contributed by atoms with van der Waals surface area (Å²) in [7, 11) is 0. The maximum absolute atomic E-state index is 13.0. The molecule has 5 heteroatoms. The van der Waals surface area contributed by atoms with Crippen LogP contribution in [0.15, 0.2) is 60.8 Å². The van der Waals surface area contributed by atoms with Crippen LogP contribution in [0, 0.1) is 0 Å². The number of halogens is 1. The lowest BCUT2D eigenvalue weighted by atomic mass is 10.1. The highest BCUT2D eigenvalue weighted by atomic mass is 35.5. The monoisotopic (exact) mass is 351 g/mol. The van der Waals surface area contributed by atoms with Gasteiger partial charge in [-0.25, -0.2) is 0 Å². The van der Waals surface area contributed by atoms with Crippen molar-refractivity contribution in [3.8, 4) is 0 Å². The van der Waals surface area contributed by atoms with Gasteiger partial charge in [-0.2, -0.15) is 0 Å². The molecule has 0 spiro atoms. The maximum atomic E-state index is 13.0. The highest BCUT2D eigenvalue weighted by Gasteiger charge is 2.23. The van der Waals surface area contributed by atoms with E-state index in [1.807, 2.05) is 59.5 Å². The van der Waals surface area contributed by atoms with Crippen molar-refractivity contribution in [1.82, 2.24) is 9.88 Å². The Hall–Kier alpha value is -2.59. The number of fused-ring (bicyclic) bond motifs is 1. The van der Waals surface area contributed by atoms with Crippen LogP contribution in [-0.2, 0) is 0 Å². The van der Waals surface area contributed by atoms with E-state index in [1.54, 1.807) is 6.20 Å². The minimum absolute atomic E-state index is 0.0781. The van der Waals surface area contributed by atoms with Gasteiger partial charge in [-0.15, -0.1) is 0 Å². The third kappa shape index (κ3) is 3.17. The lowest BCUT2D eigenvalue weighted by Crippen LogP contribution is -2.48. The number of pyridine rings is 1. The first kappa shape index (κ1) is 15.9. The molecule has 1 aliphatic heterocycles. The van der Waals surface area contributed by atoms with Crippen LogP contribution in [0.5, 0.6) is 0 Å². The number of aromatic nitrogens is 1. The standard InChI is InChI=1S/C20H18ClN3O/c21-15-5-7-16(8-6-15)23-11-13-24(14-12-23)20(25)18-9-10-22-19-4-2-1-3-17(18)19/h1-10H,11-14H2. The van der Waals surface area contributed by atoms with Crippen molar-refractivity contribution in [1.29, 1.82) is 0 Å². The average molecular weight is 352 g/mol. The van der Waals surface area contributed by atoms with E-state index in [-0.39, 0.29) is 5.91 Å². The number of hydrogen-bond acceptors (Lipinski definition) is 3. The summed E-state index contributed by atoms with van der Waals surface area (Å²) >= 11 is 5.95. The van der Waals surface area contributed by atoms with Crippen LogP contribution in [0.25, 0.3) is 10.9 Å². The van der Waals surface area contributed by atoms with Crippen LogP contribution in [0.1, 0.15) is 10.4 Å². The Labute approximate surface area is 151 Å². The first-order chi connectivity index (χ1) is 12.2. The summed E-state index contributed by atoms with van der Waals surface area (Å²) in [6, 6.07) is 17.4. The number of nitrogens with zero attached hydrogens (tertiary/aromatic N) is 3. The Morgan fingerprint density at radius 3 is 2.40 bits per heavy atom. The van der Waals surface area contributed by atoms with Gasteiger partial charge >= 0.3 is 0 Å². The molecule has 1 fully saturated rings. The number of benzene rings is 2. The van der Waals surface area contributed by atoms with Crippen LogP contribution < -0.4 is 4.90 Å². The second-order valence-corrected chi connectivity index (χ2v) is 6.57. The summed E-state index contributed by atoms with van der Waals surface area (Å²) in [5.41, 5.74) is 2.73. The zero-order chi connectivity index (χ0) is 17.2. The van der Waals surface area contributed by atoms with E-state index in [1.165, 1.54) is 0 Å². The summed E-state index contributed by atoms with van der Waals surface area (Å²) in [5, 5.41) is 1.65. The molecule has 0 atom stereocenters. The van der Waals surface area contributed by atoms with E-state index in [0.717, 1.165) is 40.3 Å². The number of rotatable bonds is 2. The Kier molecular flexibility index (Phi) is 4.28. The zero-order valence-electron chi connectivity index (χ0n) is 13.7. The van der Waals surface area contributed by atoms with Gasteiger partial charge in [0.1, 0.15) is 0 Å². The van der Waals surface area contributed by atoms with Crippen LogP contribution in [0.3, 0.4) is 0 Å². The molecule has 1 aromatic heterocycles. The molecule has 0 bridgehead atoms. The molecule has 0 saturated carbocycles. The molecule has 3 aromatic rings. The number of para-hydroxylation sites is 1. The predicted molar refractivity (Wildman–Crippen MR) is 101 cm³/mol. The minimum Gasteiger partial charge on any atom is -0.368 e. The van der Waals surface area contributed by atoms with Crippen molar-refractivity contribution in [2.24, 2.45) is 0 Å². The van der Waals surface area contributed by atoms with Gasteiger partial charge < -0.3 is 9.80 Å². The van der Waals surface area contributed by atoms with Crippen LogP contribution >= 0.6 is 11.6 Å². The Morgan fingerprint density at radius 1 is 0.920 bits per heavy atom. The Morgan fingerprint density at radius 2 is 1.64 bits per heavy atom. The van der Waals surface area contributed by atoms with E-state index in [9.17, 15) is 4.79 Å². The molecule has 0 aliphatic carbocycles. The van der Waals surface area contributed by atoms with E-state index < -0.39 is 0 Å². The Bertz CT molecular complexity index is 897. The highest BCUT2D eigenvalue weighted by molar-refractivity contribution is 6.30. The molecule has 2 aromatic carbocycles. The van der Waals surface area contributed by atoms with Crippen LogP contribution in [0.4, 0.5) is 5.69 Å². The second-order valence-electron chi connectivity index (χ2n) is 6.13. The van der Waals surface area contributed by atoms with E-state index in [2.05, 4.69) is 9.88 Å². The molecule has 25 heavy (non-hydrogen) atoms. The predicted octanol–water partition coefficient (Wildman–Crippen LogP) is 3.85. The van der Waals surface area contributed by atoms with Crippen LogP contribution in [-0.4, -0.2) is 42.0 Å². The third-order valence-electron chi connectivity index (χ3n) is 4.64. The molecule has 1 amide bonds. The SMILES string of the molecule is O=C(c1ccnc2ccccc12)N1CCN(c2ccc(Cl)cc2)CC1. The molecule has 4 nitrogen and oxygen atoms in total. The first-order valence-corrected chi connectivity index (χ1v) is 8.74. The summed E-state index contributed by atoms with van der Waals surface area (Å²) in [6.07, 6.45) is 1.71. The van der Waals surface area contributed by atoms with E-state index >= 15 is 0 Å². The quantitative estimate of drug-likeness (QED) is 0.703. The van der Waals surface area contributed by atoms with E-state index in [0.29, 0.717) is 13.1 Å². The summed E-state index contributed by atoms with van der Waals surface area (Å²) in [5.74, 6) is 0.0781. The van der Waals surface area contributed by atoms with E-state index in [4.69, 9.17) is 11.6 Å². The number of carbonyl (C=O) groups is 1. The van der Waals surface area contributed by atoms with Gasteiger partial charge in [-0.3, -0.25) is 9.78 Å². The van der Waals surface area contributed by atoms with Crippen molar-refractivity contribution in [3.63, 3.8) is 0 Å². The van der Waals surface area contributed by atoms with Gasteiger partial charge in [0.15, 0.2) is 0 Å². The fraction of sp³-hybridized carbons (Fsp3) is 0.200. The van der Waals surface area contributed by atoms with Crippen molar-refractivity contribution in [2.45, 2.75) is 0 Å². The van der Waals surface area contributed by atoms with Crippen molar-refractivity contribution < 1.29 is 4.79 Å². The fourth-order valence-electron chi connectivity index (χ4n) is 3.27. The maximum Gasteiger partial charge on any atom is 0.254 e. The van der Waals surface area contributed by atoms with Crippen molar-refractivity contribution >= 4 is 34.1 Å². The summed E-state index contributed by atoms with van der Waals surface area (Å²) < 4.78 is 0. The number of amides is 1. The van der Waals surface area contributed by atoms with Gasteiger partial charge in [0.2, 0.25) is 0 Å².